The van der Waals surface area contributed by atoms with Crippen molar-refractivity contribution in [3.05, 3.63) is 0 Å². The van der Waals surface area contributed by atoms with E-state index in [2.05, 4.69) is 27.7 Å². The first-order valence-electron chi connectivity index (χ1n) is 6.74. The van der Waals surface area contributed by atoms with Crippen molar-refractivity contribution in [2.75, 3.05) is 13.2 Å². The Bertz CT molecular complexity index is 159. The Morgan fingerprint density at radius 3 is 2.20 bits per heavy atom. The third-order valence-electron chi connectivity index (χ3n) is 3.98. The number of ether oxygens (including phenoxy) is 1. The molecule has 1 heteroatoms. The van der Waals surface area contributed by atoms with Crippen molar-refractivity contribution < 1.29 is 4.74 Å². The maximum atomic E-state index is 5.47. The van der Waals surface area contributed by atoms with E-state index in [1.807, 2.05) is 0 Å². The van der Waals surface area contributed by atoms with Crippen LogP contribution in [0.3, 0.4) is 0 Å². The summed E-state index contributed by atoms with van der Waals surface area (Å²) in [6.07, 6.45) is 5.29. The minimum Gasteiger partial charge on any atom is -0.381 e. The van der Waals surface area contributed by atoms with Gasteiger partial charge in [0.25, 0.3) is 0 Å². The lowest BCUT2D eigenvalue weighted by atomic mass is 9.71. The summed E-state index contributed by atoms with van der Waals surface area (Å²) in [5.41, 5.74) is 0. The largest absolute Gasteiger partial charge is 0.381 e. The monoisotopic (exact) mass is 212 g/mol. The summed E-state index contributed by atoms with van der Waals surface area (Å²) in [7, 11) is 0. The van der Waals surface area contributed by atoms with Gasteiger partial charge in [-0.3, -0.25) is 0 Å². The first kappa shape index (κ1) is 13.0. The van der Waals surface area contributed by atoms with Crippen molar-refractivity contribution in [3.8, 4) is 0 Å². The molecule has 0 amide bonds. The first-order valence-corrected chi connectivity index (χ1v) is 6.74. The van der Waals surface area contributed by atoms with E-state index in [1.165, 1.54) is 25.7 Å². The van der Waals surface area contributed by atoms with E-state index in [-0.39, 0.29) is 0 Å². The lowest BCUT2D eigenvalue weighted by Gasteiger charge is -2.37. The lowest BCUT2D eigenvalue weighted by molar-refractivity contribution is 0.0217. The Labute approximate surface area is 95.6 Å². The fourth-order valence-electron chi connectivity index (χ4n) is 3.41. The normalized spacial score (nSPS) is 23.0. The van der Waals surface area contributed by atoms with Gasteiger partial charge < -0.3 is 4.74 Å². The molecule has 1 aliphatic rings. The maximum absolute atomic E-state index is 5.47. The standard InChI is InChI=1S/C14H28O/c1-5-6-12(4)14(11(2)3)13-7-9-15-10-8-13/h11-14H,5-10H2,1-4H3. The minimum atomic E-state index is 0.828. The van der Waals surface area contributed by atoms with Crippen LogP contribution >= 0.6 is 0 Å². The molecule has 0 N–H and O–H groups in total. The van der Waals surface area contributed by atoms with E-state index in [0.717, 1.165) is 36.9 Å². The number of hydrogen-bond donors (Lipinski definition) is 0. The van der Waals surface area contributed by atoms with Crippen molar-refractivity contribution in [1.82, 2.24) is 0 Å². The quantitative estimate of drug-likeness (QED) is 0.666. The summed E-state index contributed by atoms with van der Waals surface area (Å²) in [5, 5.41) is 0. The van der Waals surface area contributed by atoms with Gasteiger partial charge in [0.2, 0.25) is 0 Å². The summed E-state index contributed by atoms with van der Waals surface area (Å²) in [6, 6.07) is 0. The molecular weight excluding hydrogens is 184 g/mol. The van der Waals surface area contributed by atoms with Crippen LogP contribution in [0.15, 0.2) is 0 Å². The predicted octanol–water partition coefficient (Wildman–Crippen LogP) is 4.12. The van der Waals surface area contributed by atoms with Gasteiger partial charge in [-0.05, 0) is 36.5 Å². The van der Waals surface area contributed by atoms with E-state index in [9.17, 15) is 0 Å². The lowest BCUT2D eigenvalue weighted by Crippen LogP contribution is -2.31. The molecule has 0 aromatic rings. The molecule has 0 radical (unpaired) electrons. The molecule has 1 nitrogen and oxygen atoms in total. The van der Waals surface area contributed by atoms with Gasteiger partial charge in [-0.25, -0.2) is 0 Å². The Balaban J connectivity index is 2.54. The van der Waals surface area contributed by atoms with E-state index < -0.39 is 0 Å². The molecule has 1 aliphatic heterocycles. The molecule has 1 fully saturated rings. The van der Waals surface area contributed by atoms with Gasteiger partial charge in [-0.2, -0.15) is 0 Å². The van der Waals surface area contributed by atoms with Crippen LogP contribution in [0.25, 0.3) is 0 Å². The molecule has 90 valence electrons. The Morgan fingerprint density at radius 1 is 1.13 bits per heavy atom. The molecule has 0 aliphatic carbocycles. The molecule has 15 heavy (non-hydrogen) atoms. The van der Waals surface area contributed by atoms with E-state index in [0.29, 0.717) is 0 Å². The van der Waals surface area contributed by atoms with Crippen LogP contribution < -0.4 is 0 Å². The molecule has 0 bridgehead atoms. The number of rotatable bonds is 5. The van der Waals surface area contributed by atoms with Crippen LogP contribution in [0, 0.1) is 23.7 Å². The predicted molar refractivity (Wildman–Crippen MR) is 65.9 cm³/mol. The molecule has 0 saturated carbocycles. The second kappa shape index (κ2) is 6.52. The van der Waals surface area contributed by atoms with Crippen molar-refractivity contribution in [3.63, 3.8) is 0 Å². The average molecular weight is 212 g/mol. The fraction of sp³-hybridized carbons (Fsp3) is 1.00. The van der Waals surface area contributed by atoms with Gasteiger partial charge in [-0.15, -0.1) is 0 Å². The van der Waals surface area contributed by atoms with E-state index in [4.69, 9.17) is 4.74 Å². The van der Waals surface area contributed by atoms with Gasteiger partial charge in [0.1, 0.15) is 0 Å². The van der Waals surface area contributed by atoms with Crippen LogP contribution in [-0.2, 0) is 4.74 Å². The molecule has 1 heterocycles. The molecule has 1 rings (SSSR count). The fourth-order valence-corrected chi connectivity index (χ4v) is 3.41. The summed E-state index contributed by atoms with van der Waals surface area (Å²) in [6.45, 7) is 11.5. The SMILES string of the molecule is CCCC(C)C(C(C)C)C1CCOCC1. The van der Waals surface area contributed by atoms with Gasteiger partial charge in [0.05, 0.1) is 0 Å². The Kier molecular flexibility index (Phi) is 5.66. The van der Waals surface area contributed by atoms with Crippen LogP contribution in [0.4, 0.5) is 0 Å². The highest BCUT2D eigenvalue weighted by atomic mass is 16.5. The van der Waals surface area contributed by atoms with Gasteiger partial charge >= 0.3 is 0 Å². The summed E-state index contributed by atoms with van der Waals surface area (Å²) >= 11 is 0. The van der Waals surface area contributed by atoms with Gasteiger partial charge in [-0.1, -0.05) is 40.5 Å². The molecule has 2 unspecified atom stereocenters. The summed E-state index contributed by atoms with van der Waals surface area (Å²) < 4.78 is 5.47. The summed E-state index contributed by atoms with van der Waals surface area (Å²) in [5.74, 6) is 3.54. The zero-order chi connectivity index (χ0) is 11.3. The zero-order valence-electron chi connectivity index (χ0n) is 11.0. The molecule has 1 saturated heterocycles. The average Bonchev–Trinajstić information content (AvgIpc) is 2.19. The van der Waals surface area contributed by atoms with Crippen molar-refractivity contribution in [1.29, 1.82) is 0 Å². The van der Waals surface area contributed by atoms with Crippen molar-refractivity contribution >= 4 is 0 Å². The maximum Gasteiger partial charge on any atom is 0.0468 e. The van der Waals surface area contributed by atoms with E-state index >= 15 is 0 Å². The van der Waals surface area contributed by atoms with Crippen molar-refractivity contribution in [2.24, 2.45) is 23.7 Å². The second-order valence-corrected chi connectivity index (χ2v) is 5.54. The van der Waals surface area contributed by atoms with Gasteiger partial charge in [0, 0.05) is 13.2 Å². The Hall–Kier alpha value is -0.0400. The highest BCUT2D eigenvalue weighted by Crippen LogP contribution is 2.36. The van der Waals surface area contributed by atoms with Crippen LogP contribution in [-0.4, -0.2) is 13.2 Å². The third kappa shape index (κ3) is 3.79. The molecule has 2 atom stereocenters. The Morgan fingerprint density at radius 2 is 1.73 bits per heavy atom. The molecule has 0 aromatic carbocycles. The van der Waals surface area contributed by atoms with Crippen LogP contribution in [0.1, 0.15) is 53.4 Å². The first-order chi connectivity index (χ1) is 7.16. The molecule has 0 aromatic heterocycles. The zero-order valence-corrected chi connectivity index (χ0v) is 11.0. The number of hydrogen-bond acceptors (Lipinski definition) is 1. The second-order valence-electron chi connectivity index (χ2n) is 5.54. The van der Waals surface area contributed by atoms with Crippen molar-refractivity contribution in [2.45, 2.75) is 53.4 Å². The topological polar surface area (TPSA) is 9.23 Å². The highest BCUT2D eigenvalue weighted by Gasteiger charge is 2.30. The smallest absolute Gasteiger partial charge is 0.0468 e. The minimum absolute atomic E-state index is 0.828. The van der Waals surface area contributed by atoms with Crippen LogP contribution in [0.2, 0.25) is 0 Å². The van der Waals surface area contributed by atoms with Crippen LogP contribution in [0.5, 0.6) is 0 Å². The van der Waals surface area contributed by atoms with E-state index in [1.54, 1.807) is 0 Å². The molecular formula is C14H28O. The molecule has 0 spiro atoms. The van der Waals surface area contributed by atoms with Gasteiger partial charge in [0.15, 0.2) is 0 Å². The third-order valence-corrected chi connectivity index (χ3v) is 3.98. The summed E-state index contributed by atoms with van der Waals surface area (Å²) in [4.78, 5) is 0. The highest BCUT2D eigenvalue weighted by molar-refractivity contribution is 4.79.